The van der Waals surface area contributed by atoms with E-state index in [1.165, 1.54) is 4.90 Å². The van der Waals surface area contributed by atoms with Gasteiger partial charge in [0.15, 0.2) is 6.61 Å². The van der Waals surface area contributed by atoms with E-state index in [1.54, 1.807) is 37.4 Å². The van der Waals surface area contributed by atoms with Crippen molar-refractivity contribution < 1.29 is 23.9 Å². The highest BCUT2D eigenvalue weighted by atomic mass is 16.5. The van der Waals surface area contributed by atoms with Gasteiger partial charge >= 0.3 is 5.97 Å². The molecule has 0 saturated carbocycles. The number of anilines is 1. The van der Waals surface area contributed by atoms with E-state index in [1.807, 2.05) is 25.1 Å². The van der Waals surface area contributed by atoms with Crippen LogP contribution in [0.4, 0.5) is 5.69 Å². The van der Waals surface area contributed by atoms with Gasteiger partial charge in [-0.25, -0.2) is 0 Å². The van der Waals surface area contributed by atoms with Crippen molar-refractivity contribution in [3.8, 4) is 5.75 Å². The van der Waals surface area contributed by atoms with Gasteiger partial charge in [0.2, 0.25) is 5.91 Å². The van der Waals surface area contributed by atoms with Crippen LogP contribution in [0.1, 0.15) is 17.5 Å². The molecule has 148 valence electrons. The van der Waals surface area contributed by atoms with Crippen molar-refractivity contribution in [3.63, 3.8) is 0 Å². The Morgan fingerprint density at radius 2 is 1.79 bits per heavy atom. The number of ether oxygens (including phenoxy) is 2. The van der Waals surface area contributed by atoms with Gasteiger partial charge in [0.1, 0.15) is 5.75 Å². The number of carbonyl (C=O) groups is 3. The average Bonchev–Trinajstić information content (AvgIpc) is 2.68. The second kappa shape index (κ2) is 10.1. The molecule has 0 aromatic heterocycles. The first-order chi connectivity index (χ1) is 13.4. The van der Waals surface area contributed by atoms with Gasteiger partial charge in [-0.3, -0.25) is 14.4 Å². The minimum atomic E-state index is -0.526. The third-order valence-corrected chi connectivity index (χ3v) is 4.13. The van der Waals surface area contributed by atoms with Crippen LogP contribution in [-0.4, -0.2) is 38.0 Å². The highest BCUT2D eigenvalue weighted by Gasteiger charge is 2.18. The number of amides is 2. The summed E-state index contributed by atoms with van der Waals surface area (Å²) in [6.07, 6.45) is 0.0360. The number of hydrogen-bond donors (Lipinski definition) is 1. The minimum absolute atomic E-state index is 0.0116. The van der Waals surface area contributed by atoms with Crippen LogP contribution in [0.5, 0.6) is 5.75 Å². The molecule has 0 aliphatic rings. The second-order valence-electron chi connectivity index (χ2n) is 6.24. The summed E-state index contributed by atoms with van der Waals surface area (Å²) in [5.41, 5.74) is 7.48. The molecule has 2 aromatic rings. The molecule has 0 fully saturated rings. The molecule has 0 unspecified atom stereocenters. The van der Waals surface area contributed by atoms with Gasteiger partial charge in [-0.1, -0.05) is 30.3 Å². The largest absolute Gasteiger partial charge is 0.496 e. The third kappa shape index (κ3) is 6.12. The highest BCUT2D eigenvalue weighted by Crippen LogP contribution is 2.19. The van der Waals surface area contributed by atoms with E-state index in [-0.39, 0.29) is 19.4 Å². The number of nitrogens with two attached hydrogens (primary N) is 1. The average molecular weight is 384 g/mol. The maximum absolute atomic E-state index is 12.5. The summed E-state index contributed by atoms with van der Waals surface area (Å²) in [6, 6.07) is 14.3. The van der Waals surface area contributed by atoms with Gasteiger partial charge in [0.25, 0.3) is 5.91 Å². The predicted octanol–water partition coefficient (Wildman–Crippen LogP) is 2.00. The summed E-state index contributed by atoms with van der Waals surface area (Å²) in [7, 11) is 1.56. The Labute approximate surface area is 164 Å². The van der Waals surface area contributed by atoms with Gasteiger partial charge in [-0.2, -0.15) is 0 Å². The molecule has 7 nitrogen and oxygen atoms in total. The lowest BCUT2D eigenvalue weighted by atomic mass is 10.1. The van der Waals surface area contributed by atoms with Gasteiger partial charge < -0.3 is 20.1 Å². The van der Waals surface area contributed by atoms with Crippen molar-refractivity contribution in [2.75, 3.05) is 25.2 Å². The van der Waals surface area contributed by atoms with E-state index in [0.717, 1.165) is 11.1 Å². The number of rotatable bonds is 9. The van der Waals surface area contributed by atoms with E-state index < -0.39 is 24.4 Å². The van der Waals surface area contributed by atoms with Crippen molar-refractivity contribution in [2.45, 2.75) is 19.8 Å². The Balaban J connectivity index is 1.97. The number of para-hydroxylation sites is 1. The molecule has 2 rings (SSSR count). The Hall–Kier alpha value is -3.35. The molecule has 0 atom stereocenters. The summed E-state index contributed by atoms with van der Waals surface area (Å²) in [6.45, 7) is 1.60. The van der Waals surface area contributed by atoms with Crippen LogP contribution in [0, 0.1) is 6.92 Å². The van der Waals surface area contributed by atoms with Crippen molar-refractivity contribution in [2.24, 2.45) is 5.73 Å². The fourth-order valence-corrected chi connectivity index (χ4v) is 2.64. The molecule has 28 heavy (non-hydrogen) atoms. The molecule has 0 radical (unpaired) electrons. The van der Waals surface area contributed by atoms with E-state index in [0.29, 0.717) is 11.4 Å². The lowest BCUT2D eigenvalue weighted by Gasteiger charge is -2.22. The molecule has 2 N–H and O–H groups in total. The normalized spacial score (nSPS) is 10.2. The summed E-state index contributed by atoms with van der Waals surface area (Å²) < 4.78 is 10.4. The first-order valence-electron chi connectivity index (χ1n) is 8.83. The zero-order valence-electron chi connectivity index (χ0n) is 16.0. The van der Waals surface area contributed by atoms with Crippen LogP contribution in [0.3, 0.4) is 0 Å². The summed E-state index contributed by atoms with van der Waals surface area (Å²) in [4.78, 5) is 37.1. The van der Waals surface area contributed by atoms with Gasteiger partial charge in [-0.05, 0) is 36.2 Å². The minimum Gasteiger partial charge on any atom is -0.496 e. The highest BCUT2D eigenvalue weighted by molar-refractivity contribution is 5.95. The molecule has 0 bridgehead atoms. The molecule has 0 saturated heterocycles. The zero-order valence-corrected chi connectivity index (χ0v) is 16.0. The molecule has 2 aromatic carbocycles. The zero-order chi connectivity index (χ0) is 20.5. The van der Waals surface area contributed by atoms with Crippen LogP contribution >= 0.6 is 0 Å². The maximum Gasteiger partial charge on any atom is 0.310 e. The van der Waals surface area contributed by atoms with Crippen LogP contribution in [0.25, 0.3) is 0 Å². The maximum atomic E-state index is 12.5. The predicted molar refractivity (Wildman–Crippen MR) is 105 cm³/mol. The van der Waals surface area contributed by atoms with Crippen molar-refractivity contribution in [1.82, 2.24) is 0 Å². The van der Waals surface area contributed by atoms with Crippen LogP contribution in [-0.2, 0) is 25.5 Å². The Morgan fingerprint density at radius 3 is 2.43 bits per heavy atom. The molecular weight excluding hydrogens is 360 g/mol. The molecule has 7 heteroatoms. The smallest absolute Gasteiger partial charge is 0.310 e. The lowest BCUT2D eigenvalue weighted by Crippen LogP contribution is -2.37. The number of nitrogens with zero attached hydrogens (tertiary/aromatic N) is 1. The van der Waals surface area contributed by atoms with Crippen molar-refractivity contribution in [1.29, 1.82) is 0 Å². The standard InChI is InChI=1S/C21H24N2O5/c1-15-8-9-16(12-18(15)27-2)13-21(26)28-14-20(25)23(11-10-19(22)24)17-6-4-3-5-7-17/h3-9,12H,10-11,13-14H2,1-2H3,(H2,22,24). The van der Waals surface area contributed by atoms with E-state index in [2.05, 4.69) is 0 Å². The number of hydrogen-bond acceptors (Lipinski definition) is 5. The number of benzene rings is 2. The van der Waals surface area contributed by atoms with Gasteiger partial charge in [0, 0.05) is 18.7 Å². The molecule has 2 amide bonds. The fourth-order valence-electron chi connectivity index (χ4n) is 2.64. The Kier molecular flexibility index (Phi) is 7.56. The molecular formula is C21H24N2O5. The molecule has 0 aliphatic heterocycles. The number of methoxy groups -OCH3 is 1. The topological polar surface area (TPSA) is 98.9 Å². The number of carbonyl (C=O) groups excluding carboxylic acids is 3. The second-order valence-corrected chi connectivity index (χ2v) is 6.24. The Bertz CT molecular complexity index is 836. The van der Waals surface area contributed by atoms with Crippen LogP contribution in [0.15, 0.2) is 48.5 Å². The Morgan fingerprint density at radius 1 is 1.07 bits per heavy atom. The third-order valence-electron chi connectivity index (χ3n) is 4.13. The van der Waals surface area contributed by atoms with E-state index in [4.69, 9.17) is 15.2 Å². The summed E-state index contributed by atoms with van der Waals surface area (Å²) in [5, 5.41) is 0. The fraction of sp³-hybridized carbons (Fsp3) is 0.286. The van der Waals surface area contributed by atoms with E-state index in [9.17, 15) is 14.4 Å². The number of esters is 1. The molecule has 0 spiro atoms. The van der Waals surface area contributed by atoms with Crippen molar-refractivity contribution in [3.05, 3.63) is 59.7 Å². The van der Waals surface area contributed by atoms with Gasteiger partial charge in [-0.15, -0.1) is 0 Å². The van der Waals surface area contributed by atoms with Crippen LogP contribution in [0.2, 0.25) is 0 Å². The molecule has 0 aliphatic carbocycles. The monoisotopic (exact) mass is 384 g/mol. The first-order valence-corrected chi connectivity index (χ1v) is 8.83. The van der Waals surface area contributed by atoms with Crippen molar-refractivity contribution >= 4 is 23.5 Å². The quantitative estimate of drug-likeness (QED) is 0.667. The van der Waals surface area contributed by atoms with Crippen LogP contribution < -0.4 is 15.4 Å². The van der Waals surface area contributed by atoms with Gasteiger partial charge in [0.05, 0.1) is 13.5 Å². The summed E-state index contributed by atoms with van der Waals surface area (Å²) >= 11 is 0. The van der Waals surface area contributed by atoms with E-state index >= 15 is 0 Å². The SMILES string of the molecule is COc1cc(CC(=O)OCC(=O)N(CCC(N)=O)c2ccccc2)ccc1C. The molecule has 0 heterocycles. The summed E-state index contributed by atoms with van der Waals surface area (Å²) in [5.74, 6) is -0.786. The number of primary amides is 1. The number of aryl methyl sites for hydroxylation is 1. The first kappa shape index (κ1) is 21.0. The lowest BCUT2D eigenvalue weighted by molar-refractivity contribution is -0.147.